The first-order valence-electron chi connectivity index (χ1n) is 2.65. The van der Waals surface area contributed by atoms with E-state index in [4.69, 9.17) is 0 Å². The standard InChI is InChI=1S/C2H6S12/c1-3-5-7-9-11-13-14-12-10-8-6-4-2/h1-2H3. The van der Waals surface area contributed by atoms with Gasteiger partial charge in [-0.15, -0.1) is 0 Å². The van der Waals surface area contributed by atoms with E-state index < -0.39 is 0 Å². The molecule has 0 unspecified atom stereocenters. The largest absolute Gasteiger partial charge is 0.0851 e. The van der Waals surface area contributed by atoms with Gasteiger partial charge in [0.25, 0.3) is 0 Å². The van der Waals surface area contributed by atoms with Crippen LogP contribution in [-0.2, 0) is 0 Å². The molecule has 0 aliphatic rings. The first kappa shape index (κ1) is 18.2. The van der Waals surface area contributed by atoms with Crippen molar-refractivity contribution < 1.29 is 0 Å². The zero-order chi connectivity index (χ0) is 10.5. The molecule has 0 aromatic carbocycles. The van der Waals surface area contributed by atoms with Crippen LogP contribution in [0.25, 0.3) is 0 Å². The highest BCUT2D eigenvalue weighted by atomic mass is 34.0. The van der Waals surface area contributed by atoms with Gasteiger partial charge in [0.05, 0.1) is 0 Å². The maximum Gasteiger partial charge on any atom is -0.00000000292 e. The van der Waals surface area contributed by atoms with Crippen LogP contribution in [0.4, 0.5) is 0 Å². The van der Waals surface area contributed by atoms with Crippen LogP contribution in [0, 0.1) is 0 Å². The van der Waals surface area contributed by atoms with E-state index in [9.17, 15) is 0 Å². The summed E-state index contributed by atoms with van der Waals surface area (Å²) in [6.45, 7) is 0. The van der Waals surface area contributed by atoms with Crippen LogP contribution in [0.2, 0.25) is 0 Å². The lowest BCUT2D eigenvalue weighted by Gasteiger charge is -1.96. The summed E-state index contributed by atoms with van der Waals surface area (Å²) in [7, 11) is 21.8. The second-order valence-electron chi connectivity index (χ2n) is 1.01. The Morgan fingerprint density at radius 1 is 0.357 bits per heavy atom. The molecule has 0 N–H and O–H groups in total. The molecule has 0 aromatic heterocycles. The van der Waals surface area contributed by atoms with Crippen molar-refractivity contribution in [1.82, 2.24) is 0 Å². The summed E-state index contributed by atoms with van der Waals surface area (Å²) in [5.74, 6) is 0. The van der Waals surface area contributed by atoms with E-state index in [0.29, 0.717) is 0 Å². The molecule has 0 nitrogen and oxygen atoms in total. The molecule has 0 spiro atoms. The Bertz CT molecular complexity index is 82.3. The fraction of sp³-hybridized carbons (Fsp3) is 1.00. The molecule has 0 aliphatic carbocycles. The van der Waals surface area contributed by atoms with Gasteiger partial charge in [-0.1, -0.05) is 21.6 Å². The highest BCUT2D eigenvalue weighted by molar-refractivity contribution is 9.54. The highest BCUT2D eigenvalue weighted by Crippen LogP contribution is 2.61. The Morgan fingerprint density at radius 3 is 0.786 bits per heavy atom. The van der Waals surface area contributed by atoms with Gasteiger partial charge in [0, 0.05) is 0 Å². The van der Waals surface area contributed by atoms with Gasteiger partial charge in [0.1, 0.15) is 0 Å². The van der Waals surface area contributed by atoms with Crippen molar-refractivity contribution in [3.63, 3.8) is 0 Å². The van der Waals surface area contributed by atoms with Crippen molar-refractivity contribution in [1.29, 1.82) is 0 Å². The average molecular weight is 415 g/mol. The fourth-order valence-corrected chi connectivity index (χ4v) is 26.5. The molecule has 0 saturated carbocycles. The van der Waals surface area contributed by atoms with Crippen LogP contribution in [0.1, 0.15) is 0 Å². The van der Waals surface area contributed by atoms with Gasteiger partial charge >= 0.3 is 0 Å². The quantitative estimate of drug-likeness (QED) is 0.236. The van der Waals surface area contributed by atoms with Crippen LogP contribution in [0.15, 0.2) is 0 Å². The summed E-state index contributed by atoms with van der Waals surface area (Å²) >= 11 is 0. The Kier molecular flexibility index (Phi) is 22.4. The van der Waals surface area contributed by atoms with Crippen LogP contribution >= 0.6 is 120 Å². The Morgan fingerprint density at radius 2 is 0.571 bits per heavy atom. The van der Waals surface area contributed by atoms with Crippen LogP contribution < -0.4 is 0 Å². The SMILES string of the molecule is CSSSSSSSSSSSSC. The molecule has 0 radical (unpaired) electrons. The van der Waals surface area contributed by atoms with E-state index >= 15 is 0 Å². The molecule has 0 rings (SSSR count). The predicted molar refractivity (Wildman–Crippen MR) is 103 cm³/mol. The lowest BCUT2D eigenvalue weighted by atomic mass is 12.0. The molecule has 0 fully saturated rings. The summed E-state index contributed by atoms with van der Waals surface area (Å²) in [6.07, 6.45) is 4.19. The van der Waals surface area contributed by atoms with Crippen LogP contribution in [-0.4, -0.2) is 12.5 Å². The van der Waals surface area contributed by atoms with E-state index in [2.05, 4.69) is 12.5 Å². The van der Waals surface area contributed by atoms with Gasteiger partial charge in [0.2, 0.25) is 0 Å². The van der Waals surface area contributed by atoms with E-state index in [1.165, 1.54) is 0 Å². The molecule has 0 saturated heterocycles. The zero-order valence-corrected chi connectivity index (χ0v) is 16.7. The van der Waals surface area contributed by atoms with Gasteiger partial charge in [-0.05, 0) is 111 Å². The predicted octanol–water partition coefficient (Wildman–Crippen LogP) is 8.11. The lowest BCUT2D eigenvalue weighted by molar-refractivity contribution is 2.55. The maximum atomic E-state index is 2.10. The molecule has 0 aliphatic heterocycles. The molecule has 0 amide bonds. The minimum atomic E-state index is 1.79. The highest BCUT2D eigenvalue weighted by Gasteiger charge is 1.96. The van der Waals surface area contributed by atoms with E-state index in [-0.39, 0.29) is 0 Å². The summed E-state index contributed by atoms with van der Waals surface area (Å²) in [4.78, 5) is 0. The van der Waals surface area contributed by atoms with Crippen molar-refractivity contribution in [2.75, 3.05) is 12.5 Å². The van der Waals surface area contributed by atoms with Crippen LogP contribution in [0.3, 0.4) is 0 Å². The van der Waals surface area contributed by atoms with Gasteiger partial charge in [-0.3, -0.25) is 0 Å². The molecule has 86 valence electrons. The number of hydrogen-bond acceptors (Lipinski definition) is 12. The molecule has 14 heavy (non-hydrogen) atoms. The third kappa shape index (κ3) is 16.2. The smallest absolute Gasteiger partial charge is 0.00000000292 e. The van der Waals surface area contributed by atoms with E-state index in [1.807, 2.05) is 98.3 Å². The third-order valence-electron chi connectivity index (χ3n) is 0.386. The van der Waals surface area contributed by atoms with Crippen LogP contribution in [0.5, 0.6) is 0 Å². The maximum absolute atomic E-state index is 2.10. The second kappa shape index (κ2) is 17.2. The monoisotopic (exact) mass is 414 g/mol. The Balaban J connectivity index is 2.78. The number of rotatable bonds is 11. The van der Waals surface area contributed by atoms with E-state index in [0.717, 1.165) is 0 Å². The first-order chi connectivity index (χ1) is 6.91. The van der Waals surface area contributed by atoms with Gasteiger partial charge in [0.15, 0.2) is 0 Å². The summed E-state index contributed by atoms with van der Waals surface area (Å²) in [6, 6.07) is 0. The number of hydrogen-bond donors (Lipinski definition) is 0. The molecule has 0 bridgehead atoms. The van der Waals surface area contributed by atoms with Crippen molar-refractivity contribution in [3.8, 4) is 0 Å². The third-order valence-corrected chi connectivity index (χ3v) is 23.9. The average Bonchev–Trinajstić information content (AvgIpc) is 2.21. The van der Waals surface area contributed by atoms with Crippen molar-refractivity contribution >= 4 is 120 Å². The van der Waals surface area contributed by atoms with Crippen molar-refractivity contribution in [2.24, 2.45) is 0 Å². The van der Waals surface area contributed by atoms with Gasteiger partial charge in [-0.25, -0.2) is 0 Å². The molecular formula is C2H6S12. The molecule has 0 heterocycles. The van der Waals surface area contributed by atoms with Crippen molar-refractivity contribution in [3.05, 3.63) is 0 Å². The zero-order valence-electron chi connectivity index (χ0n) is 6.90. The summed E-state index contributed by atoms with van der Waals surface area (Å²) in [5, 5.41) is 0. The van der Waals surface area contributed by atoms with E-state index in [1.54, 1.807) is 21.6 Å². The fourth-order valence-electron chi connectivity index (χ4n) is 0.146. The second-order valence-corrected chi connectivity index (χ2v) is 21.4. The molecule has 0 aromatic rings. The summed E-state index contributed by atoms with van der Waals surface area (Å²) in [5.41, 5.74) is 0. The minimum Gasteiger partial charge on any atom is -0.0851 e. The van der Waals surface area contributed by atoms with Crippen molar-refractivity contribution in [2.45, 2.75) is 0 Å². The minimum absolute atomic E-state index is 1.79. The lowest BCUT2D eigenvalue weighted by Crippen LogP contribution is -1.33. The first-order valence-corrected chi connectivity index (χ1v) is 18.9. The molecule has 12 heteroatoms. The Hall–Kier alpha value is 4.20. The topological polar surface area (TPSA) is 0 Å². The van der Waals surface area contributed by atoms with Gasteiger partial charge in [-0.2, -0.15) is 0 Å². The summed E-state index contributed by atoms with van der Waals surface area (Å²) < 4.78 is 0. The molecular weight excluding hydrogens is 409 g/mol. The Labute approximate surface area is 130 Å². The normalized spacial score (nSPS) is 10.7. The van der Waals surface area contributed by atoms with Gasteiger partial charge < -0.3 is 0 Å². The molecule has 0 atom stereocenters.